The predicted octanol–water partition coefficient (Wildman–Crippen LogP) is 5.30. The molecule has 4 aromatic rings. The SMILES string of the molecule is Cc1ccccc1-n1cc(-c2ccccc2)nc1SCC(=O)NCCc1ccccc1. The maximum absolute atomic E-state index is 12.4. The van der Waals surface area contributed by atoms with Crippen molar-refractivity contribution < 1.29 is 4.79 Å². The summed E-state index contributed by atoms with van der Waals surface area (Å²) < 4.78 is 2.08. The van der Waals surface area contributed by atoms with E-state index in [0.717, 1.165) is 34.1 Å². The van der Waals surface area contributed by atoms with Gasteiger partial charge in [-0.05, 0) is 30.5 Å². The fourth-order valence-electron chi connectivity index (χ4n) is 3.39. The molecule has 0 fully saturated rings. The molecule has 0 radical (unpaired) electrons. The number of hydrogen-bond donors (Lipinski definition) is 1. The summed E-state index contributed by atoms with van der Waals surface area (Å²) in [6.07, 6.45) is 2.88. The Balaban J connectivity index is 1.47. The molecule has 5 heteroatoms. The summed E-state index contributed by atoms with van der Waals surface area (Å²) in [5, 5.41) is 3.83. The number of thioether (sulfide) groups is 1. The number of para-hydroxylation sites is 1. The minimum atomic E-state index is 0.0153. The van der Waals surface area contributed by atoms with E-state index in [1.54, 1.807) is 0 Å². The molecule has 0 saturated heterocycles. The van der Waals surface area contributed by atoms with Crippen molar-refractivity contribution in [2.75, 3.05) is 12.3 Å². The van der Waals surface area contributed by atoms with Crippen molar-refractivity contribution in [2.45, 2.75) is 18.5 Å². The number of imidazole rings is 1. The van der Waals surface area contributed by atoms with Crippen molar-refractivity contribution in [1.29, 1.82) is 0 Å². The van der Waals surface area contributed by atoms with E-state index in [2.05, 4.69) is 53.2 Å². The van der Waals surface area contributed by atoms with Gasteiger partial charge in [0.15, 0.2) is 5.16 Å². The second kappa shape index (κ2) is 10.1. The highest BCUT2D eigenvalue weighted by Gasteiger charge is 2.14. The van der Waals surface area contributed by atoms with Gasteiger partial charge in [0.25, 0.3) is 0 Å². The van der Waals surface area contributed by atoms with E-state index in [1.165, 1.54) is 17.3 Å². The van der Waals surface area contributed by atoms with E-state index in [4.69, 9.17) is 4.98 Å². The summed E-state index contributed by atoms with van der Waals surface area (Å²) in [6, 6.07) is 28.5. The number of nitrogens with one attached hydrogen (secondary N) is 1. The lowest BCUT2D eigenvalue weighted by molar-refractivity contribution is -0.118. The Bertz CT molecular complexity index is 1140. The van der Waals surface area contributed by atoms with Crippen LogP contribution in [-0.4, -0.2) is 27.8 Å². The number of nitrogens with zero attached hydrogens (tertiary/aromatic N) is 2. The molecule has 1 N–H and O–H groups in total. The lowest BCUT2D eigenvalue weighted by Crippen LogP contribution is -2.27. The number of benzene rings is 3. The molecule has 0 aliphatic carbocycles. The molecule has 1 amide bonds. The fourth-order valence-corrected chi connectivity index (χ4v) is 4.21. The molecule has 0 aliphatic heterocycles. The Hall–Kier alpha value is -3.31. The molecule has 0 saturated carbocycles. The smallest absolute Gasteiger partial charge is 0.230 e. The molecule has 4 nitrogen and oxygen atoms in total. The van der Waals surface area contributed by atoms with Crippen molar-refractivity contribution in [3.8, 4) is 16.9 Å². The van der Waals surface area contributed by atoms with Crippen molar-refractivity contribution >= 4 is 17.7 Å². The molecule has 4 rings (SSSR count). The summed E-state index contributed by atoms with van der Waals surface area (Å²) in [5.74, 6) is 0.341. The monoisotopic (exact) mass is 427 g/mol. The zero-order valence-corrected chi connectivity index (χ0v) is 18.3. The van der Waals surface area contributed by atoms with Crippen LogP contribution in [0.3, 0.4) is 0 Å². The maximum atomic E-state index is 12.4. The van der Waals surface area contributed by atoms with E-state index in [0.29, 0.717) is 12.3 Å². The first-order valence-electron chi connectivity index (χ1n) is 10.3. The van der Waals surface area contributed by atoms with Gasteiger partial charge in [-0.25, -0.2) is 4.98 Å². The van der Waals surface area contributed by atoms with Crippen LogP contribution in [0.1, 0.15) is 11.1 Å². The number of carbonyl (C=O) groups is 1. The quantitative estimate of drug-likeness (QED) is 0.388. The maximum Gasteiger partial charge on any atom is 0.230 e. The van der Waals surface area contributed by atoms with Crippen LogP contribution < -0.4 is 5.32 Å². The average Bonchev–Trinajstić information content (AvgIpc) is 3.23. The van der Waals surface area contributed by atoms with Crippen molar-refractivity contribution in [3.05, 3.63) is 102 Å². The molecular weight excluding hydrogens is 402 g/mol. The van der Waals surface area contributed by atoms with Crippen LogP contribution >= 0.6 is 11.8 Å². The van der Waals surface area contributed by atoms with Gasteiger partial charge < -0.3 is 5.32 Å². The highest BCUT2D eigenvalue weighted by Crippen LogP contribution is 2.28. The highest BCUT2D eigenvalue weighted by atomic mass is 32.2. The molecule has 31 heavy (non-hydrogen) atoms. The molecular formula is C26H25N3OS. The van der Waals surface area contributed by atoms with Gasteiger partial charge >= 0.3 is 0 Å². The van der Waals surface area contributed by atoms with Gasteiger partial charge in [-0.3, -0.25) is 9.36 Å². The zero-order valence-electron chi connectivity index (χ0n) is 17.5. The molecule has 156 valence electrons. The second-order valence-corrected chi connectivity index (χ2v) is 8.25. The van der Waals surface area contributed by atoms with Crippen LogP contribution in [0.4, 0.5) is 0 Å². The third kappa shape index (κ3) is 5.44. The zero-order chi connectivity index (χ0) is 21.5. The van der Waals surface area contributed by atoms with Crippen LogP contribution in [0.5, 0.6) is 0 Å². The van der Waals surface area contributed by atoms with Crippen LogP contribution in [0, 0.1) is 6.92 Å². The first-order valence-corrected chi connectivity index (χ1v) is 11.3. The first kappa shape index (κ1) is 20.9. The van der Waals surface area contributed by atoms with Crippen LogP contribution in [0.15, 0.2) is 96.3 Å². The number of amides is 1. The molecule has 0 aliphatic rings. The Kier molecular flexibility index (Phi) is 6.85. The predicted molar refractivity (Wildman–Crippen MR) is 128 cm³/mol. The van der Waals surface area contributed by atoms with Gasteiger partial charge in [0.2, 0.25) is 5.91 Å². The lowest BCUT2D eigenvalue weighted by atomic mass is 10.1. The largest absolute Gasteiger partial charge is 0.355 e. The molecule has 0 bridgehead atoms. The Morgan fingerprint density at radius 1 is 0.935 bits per heavy atom. The summed E-state index contributed by atoms with van der Waals surface area (Å²) in [4.78, 5) is 17.3. The topological polar surface area (TPSA) is 46.9 Å². The van der Waals surface area contributed by atoms with E-state index in [1.807, 2.05) is 54.7 Å². The van der Waals surface area contributed by atoms with E-state index in [-0.39, 0.29) is 5.91 Å². The Morgan fingerprint density at radius 3 is 2.35 bits per heavy atom. The number of carbonyl (C=O) groups excluding carboxylic acids is 1. The van der Waals surface area contributed by atoms with Gasteiger partial charge in [0.1, 0.15) is 0 Å². The van der Waals surface area contributed by atoms with Crippen molar-refractivity contribution in [3.63, 3.8) is 0 Å². The fraction of sp³-hybridized carbons (Fsp3) is 0.154. The van der Waals surface area contributed by atoms with E-state index >= 15 is 0 Å². The summed E-state index contributed by atoms with van der Waals surface area (Å²) in [6.45, 7) is 2.72. The van der Waals surface area contributed by atoms with Gasteiger partial charge in [-0.2, -0.15) is 0 Å². The molecule has 0 atom stereocenters. The van der Waals surface area contributed by atoms with Gasteiger partial charge in [0.05, 0.1) is 17.1 Å². The second-order valence-electron chi connectivity index (χ2n) is 7.31. The van der Waals surface area contributed by atoms with Gasteiger partial charge in [-0.1, -0.05) is 90.6 Å². The number of aromatic nitrogens is 2. The highest BCUT2D eigenvalue weighted by molar-refractivity contribution is 7.99. The summed E-state index contributed by atoms with van der Waals surface area (Å²) in [5.41, 5.74) is 5.41. The summed E-state index contributed by atoms with van der Waals surface area (Å²) in [7, 11) is 0. The van der Waals surface area contributed by atoms with Crippen LogP contribution in [0.2, 0.25) is 0 Å². The molecule has 3 aromatic carbocycles. The van der Waals surface area contributed by atoms with E-state index < -0.39 is 0 Å². The average molecular weight is 428 g/mol. The molecule has 0 spiro atoms. The van der Waals surface area contributed by atoms with Gasteiger partial charge in [-0.15, -0.1) is 0 Å². The van der Waals surface area contributed by atoms with E-state index in [9.17, 15) is 4.79 Å². The minimum Gasteiger partial charge on any atom is -0.355 e. The normalized spacial score (nSPS) is 10.7. The molecule has 0 unspecified atom stereocenters. The molecule has 1 aromatic heterocycles. The van der Waals surface area contributed by atoms with Gasteiger partial charge in [0, 0.05) is 18.3 Å². The Labute approximate surface area is 187 Å². The summed E-state index contributed by atoms with van der Waals surface area (Å²) >= 11 is 1.46. The Morgan fingerprint density at radius 2 is 1.61 bits per heavy atom. The lowest BCUT2D eigenvalue weighted by Gasteiger charge is -2.10. The minimum absolute atomic E-state index is 0.0153. The standard InChI is InChI=1S/C26H25N3OS/c1-20-10-8-9-15-24(20)29-18-23(22-13-6-3-7-14-22)28-26(29)31-19-25(30)27-17-16-21-11-4-2-5-12-21/h2-15,18H,16-17,19H2,1H3,(H,27,30). The third-order valence-corrected chi connectivity index (χ3v) is 5.98. The first-order chi connectivity index (χ1) is 15.2. The van der Waals surface area contributed by atoms with Crippen molar-refractivity contribution in [1.82, 2.24) is 14.9 Å². The molecule has 1 heterocycles. The van der Waals surface area contributed by atoms with Crippen LogP contribution in [-0.2, 0) is 11.2 Å². The number of rotatable bonds is 8. The third-order valence-electron chi connectivity index (χ3n) is 5.03. The van der Waals surface area contributed by atoms with Crippen LogP contribution in [0.25, 0.3) is 16.9 Å². The number of hydrogen-bond acceptors (Lipinski definition) is 3. The number of aryl methyl sites for hydroxylation is 1. The van der Waals surface area contributed by atoms with Crippen molar-refractivity contribution in [2.24, 2.45) is 0 Å².